The molecule has 4 heteroatoms. The van der Waals surface area contributed by atoms with Crippen LogP contribution < -0.4 is 5.46 Å². The molecule has 1 aromatic heterocycles. The highest BCUT2D eigenvalue weighted by molar-refractivity contribution is 6.38. The first-order valence-corrected chi connectivity index (χ1v) is 4.61. The van der Waals surface area contributed by atoms with Gasteiger partial charge in [0.1, 0.15) is 7.85 Å². The fourth-order valence-electron chi connectivity index (χ4n) is 1.33. The molecule has 2 aromatic rings. The average molecular weight is 202 g/mol. The van der Waals surface area contributed by atoms with Crippen molar-refractivity contribution in [3.63, 3.8) is 0 Å². The van der Waals surface area contributed by atoms with Crippen molar-refractivity contribution in [1.29, 1.82) is 0 Å². The molecule has 1 heterocycles. The summed E-state index contributed by atoms with van der Waals surface area (Å²) in [6.45, 7) is 1.99. The molecule has 0 saturated heterocycles. The second-order valence-corrected chi connectivity index (χ2v) is 3.59. The van der Waals surface area contributed by atoms with Crippen molar-refractivity contribution < 1.29 is 0 Å². The first kappa shape index (κ1) is 9.34. The van der Waals surface area contributed by atoms with E-state index in [0.29, 0.717) is 10.5 Å². The number of aromatic amines is 1. The number of H-pyrrole nitrogens is 1. The van der Waals surface area contributed by atoms with E-state index in [1.165, 1.54) is 0 Å². The number of benzene rings is 1. The molecule has 0 saturated carbocycles. The number of nitrogens with zero attached hydrogens (tertiary/aromatic N) is 1. The molecule has 14 heavy (non-hydrogen) atoms. The molecule has 0 atom stereocenters. The van der Waals surface area contributed by atoms with Gasteiger partial charge in [-0.25, -0.2) is 0 Å². The largest absolute Gasteiger partial charge is 0.278 e. The van der Waals surface area contributed by atoms with Gasteiger partial charge in [0, 0.05) is 11.8 Å². The number of hydrogen-bond donors (Lipinski definition) is 1. The zero-order chi connectivity index (χ0) is 10.1. The van der Waals surface area contributed by atoms with E-state index >= 15 is 0 Å². The third-order valence-electron chi connectivity index (χ3n) is 2.06. The molecule has 68 valence electrons. The summed E-state index contributed by atoms with van der Waals surface area (Å²) < 4.78 is 0. The van der Waals surface area contributed by atoms with Gasteiger partial charge in [-0.3, -0.25) is 5.10 Å². The predicted molar refractivity (Wildman–Crippen MR) is 59.2 cm³/mol. The molecule has 0 unspecified atom stereocenters. The van der Waals surface area contributed by atoms with Crippen LogP contribution in [0, 0.1) is 6.92 Å². The Morgan fingerprint density at radius 1 is 1.43 bits per heavy atom. The Morgan fingerprint density at radius 2 is 2.21 bits per heavy atom. The summed E-state index contributed by atoms with van der Waals surface area (Å²) in [6, 6.07) is 5.82. The Labute approximate surface area is 88.7 Å². The summed E-state index contributed by atoms with van der Waals surface area (Å²) in [5.74, 6) is 0. The topological polar surface area (TPSA) is 28.7 Å². The molecule has 0 aliphatic rings. The van der Waals surface area contributed by atoms with Crippen LogP contribution in [0.4, 0.5) is 0 Å². The van der Waals surface area contributed by atoms with E-state index in [4.69, 9.17) is 19.4 Å². The molecule has 2 radical (unpaired) electrons. The summed E-state index contributed by atoms with van der Waals surface area (Å²) in [6.07, 6.45) is 1.57. The second-order valence-electron chi connectivity index (χ2n) is 3.18. The van der Waals surface area contributed by atoms with Crippen LogP contribution in [-0.2, 0) is 0 Å². The van der Waals surface area contributed by atoms with Crippen molar-refractivity contribution in [3.05, 3.63) is 35.0 Å². The van der Waals surface area contributed by atoms with E-state index in [-0.39, 0.29) is 0 Å². The average Bonchev–Trinajstić information content (AvgIpc) is 2.52. The molecular formula is C10H8BClN2. The molecule has 0 aliphatic heterocycles. The molecule has 1 N–H and O–H groups in total. The van der Waals surface area contributed by atoms with Gasteiger partial charge in [-0.2, -0.15) is 5.10 Å². The zero-order valence-electron chi connectivity index (χ0n) is 7.71. The standard InChI is InChI=1S/C10H8BClN2/c1-6-2-3-7(9(12)4-6)10-8(11)5-13-14-10/h2-5H,1H3,(H,13,14). The maximum Gasteiger partial charge on any atom is 0.119 e. The molecular weight excluding hydrogens is 194 g/mol. The van der Waals surface area contributed by atoms with Crippen molar-refractivity contribution in [1.82, 2.24) is 10.2 Å². The highest BCUT2D eigenvalue weighted by Gasteiger charge is 2.07. The van der Waals surface area contributed by atoms with Crippen LogP contribution in [0.5, 0.6) is 0 Å². The van der Waals surface area contributed by atoms with Gasteiger partial charge in [-0.15, -0.1) is 0 Å². The minimum absolute atomic E-state index is 0.607. The fourth-order valence-corrected chi connectivity index (χ4v) is 1.66. The Hall–Kier alpha value is -1.22. The molecule has 1 aromatic carbocycles. The Bertz CT molecular complexity index is 465. The lowest BCUT2D eigenvalue weighted by Gasteiger charge is -2.03. The van der Waals surface area contributed by atoms with Crippen LogP contribution in [0.1, 0.15) is 5.56 Å². The van der Waals surface area contributed by atoms with Gasteiger partial charge in [-0.05, 0) is 18.6 Å². The van der Waals surface area contributed by atoms with Crippen molar-refractivity contribution in [2.75, 3.05) is 0 Å². The van der Waals surface area contributed by atoms with E-state index in [2.05, 4.69) is 10.2 Å². The van der Waals surface area contributed by atoms with Gasteiger partial charge in [0.2, 0.25) is 0 Å². The van der Waals surface area contributed by atoms with Gasteiger partial charge in [0.25, 0.3) is 0 Å². The van der Waals surface area contributed by atoms with Gasteiger partial charge in [0.15, 0.2) is 0 Å². The van der Waals surface area contributed by atoms with Crippen LogP contribution >= 0.6 is 11.6 Å². The molecule has 0 spiro atoms. The number of rotatable bonds is 1. The lowest BCUT2D eigenvalue weighted by molar-refractivity contribution is 1.09. The minimum atomic E-state index is 0.607. The van der Waals surface area contributed by atoms with Crippen LogP contribution in [0.15, 0.2) is 24.4 Å². The lowest BCUT2D eigenvalue weighted by Crippen LogP contribution is -2.02. The monoisotopic (exact) mass is 202 g/mol. The van der Waals surface area contributed by atoms with E-state index in [1.807, 2.05) is 25.1 Å². The summed E-state index contributed by atoms with van der Waals surface area (Å²) in [5.41, 5.74) is 3.38. The highest BCUT2D eigenvalue weighted by Crippen LogP contribution is 2.25. The van der Waals surface area contributed by atoms with Gasteiger partial charge >= 0.3 is 0 Å². The molecule has 0 amide bonds. The molecule has 0 aliphatic carbocycles. The maximum absolute atomic E-state index is 6.09. The fraction of sp³-hybridized carbons (Fsp3) is 0.100. The van der Waals surface area contributed by atoms with Gasteiger partial charge in [-0.1, -0.05) is 29.2 Å². The number of aryl methyl sites for hydroxylation is 1. The second kappa shape index (κ2) is 3.50. The Balaban J connectivity index is 2.58. The van der Waals surface area contributed by atoms with E-state index < -0.39 is 0 Å². The Kier molecular flexibility index (Phi) is 2.34. The maximum atomic E-state index is 6.09. The molecule has 0 bridgehead atoms. The summed E-state index contributed by atoms with van der Waals surface area (Å²) in [4.78, 5) is 0. The molecule has 2 nitrogen and oxygen atoms in total. The summed E-state index contributed by atoms with van der Waals surface area (Å²) in [7, 11) is 5.73. The Morgan fingerprint density at radius 3 is 2.79 bits per heavy atom. The first-order chi connectivity index (χ1) is 6.68. The quantitative estimate of drug-likeness (QED) is 0.702. The number of hydrogen-bond acceptors (Lipinski definition) is 1. The van der Waals surface area contributed by atoms with Crippen molar-refractivity contribution in [2.24, 2.45) is 0 Å². The third kappa shape index (κ3) is 1.55. The van der Waals surface area contributed by atoms with Crippen molar-refractivity contribution in [2.45, 2.75) is 6.92 Å². The highest BCUT2D eigenvalue weighted by atomic mass is 35.5. The van der Waals surface area contributed by atoms with Gasteiger partial charge in [0.05, 0.1) is 10.7 Å². The number of aromatic nitrogens is 2. The van der Waals surface area contributed by atoms with Crippen LogP contribution in [0.25, 0.3) is 11.3 Å². The van der Waals surface area contributed by atoms with Gasteiger partial charge < -0.3 is 0 Å². The predicted octanol–water partition coefficient (Wildman–Crippen LogP) is 1.83. The first-order valence-electron chi connectivity index (χ1n) is 4.24. The van der Waals surface area contributed by atoms with Crippen LogP contribution in [0.2, 0.25) is 5.02 Å². The van der Waals surface area contributed by atoms with E-state index in [0.717, 1.165) is 16.8 Å². The van der Waals surface area contributed by atoms with E-state index in [9.17, 15) is 0 Å². The van der Waals surface area contributed by atoms with Crippen molar-refractivity contribution in [3.8, 4) is 11.3 Å². The lowest BCUT2D eigenvalue weighted by atomic mass is 9.93. The smallest absolute Gasteiger partial charge is 0.119 e. The van der Waals surface area contributed by atoms with E-state index in [1.54, 1.807) is 6.20 Å². The third-order valence-corrected chi connectivity index (χ3v) is 2.38. The number of nitrogens with one attached hydrogen (secondary N) is 1. The van der Waals surface area contributed by atoms with Crippen LogP contribution in [-0.4, -0.2) is 18.0 Å². The molecule has 2 rings (SSSR count). The van der Waals surface area contributed by atoms with Crippen molar-refractivity contribution >= 4 is 24.9 Å². The molecule has 0 fully saturated rings. The SMILES string of the molecule is [B]c1cn[nH]c1-c1ccc(C)cc1Cl. The zero-order valence-corrected chi connectivity index (χ0v) is 8.47. The number of halogens is 1. The van der Waals surface area contributed by atoms with Crippen LogP contribution in [0.3, 0.4) is 0 Å². The normalized spacial score (nSPS) is 10.4. The summed E-state index contributed by atoms with van der Waals surface area (Å²) >= 11 is 6.09. The summed E-state index contributed by atoms with van der Waals surface area (Å²) in [5, 5.41) is 7.36. The minimum Gasteiger partial charge on any atom is -0.278 e.